The maximum atomic E-state index is 12.7. The van der Waals surface area contributed by atoms with Crippen LogP contribution in [0, 0.1) is 0 Å². The summed E-state index contributed by atoms with van der Waals surface area (Å²) in [6.07, 6.45) is 1.91. The van der Waals surface area contributed by atoms with Crippen molar-refractivity contribution in [3.8, 4) is 16.9 Å². The lowest BCUT2D eigenvalue weighted by molar-refractivity contribution is -0.125. The molecule has 0 saturated carbocycles. The topological polar surface area (TPSA) is 131 Å². The number of phenolic OH excluding ortho intramolecular Hbond substituents is 1. The van der Waals surface area contributed by atoms with E-state index >= 15 is 0 Å². The zero-order chi connectivity index (χ0) is 22.1. The maximum Gasteiger partial charge on any atom is 0.338 e. The van der Waals surface area contributed by atoms with Crippen LogP contribution in [0.3, 0.4) is 0 Å². The number of amides is 2. The van der Waals surface area contributed by atoms with E-state index < -0.39 is 12.0 Å². The lowest BCUT2D eigenvalue weighted by atomic mass is 9.98. The Bertz CT molecular complexity index is 913. The molecule has 0 bridgehead atoms. The van der Waals surface area contributed by atoms with Gasteiger partial charge >= 0.3 is 5.97 Å². The molecule has 0 aliphatic heterocycles. The zero-order valence-electron chi connectivity index (χ0n) is 17.1. The molecular weight excluding hydrogens is 386 g/mol. The van der Waals surface area contributed by atoms with E-state index in [9.17, 15) is 19.5 Å². The second-order valence-electron chi connectivity index (χ2n) is 6.83. The molecule has 0 aliphatic carbocycles. The largest absolute Gasteiger partial charge is 0.508 e. The third kappa shape index (κ3) is 6.31. The van der Waals surface area contributed by atoms with Gasteiger partial charge in [0.1, 0.15) is 11.8 Å². The van der Waals surface area contributed by atoms with Crippen molar-refractivity contribution < 1.29 is 24.2 Å². The van der Waals surface area contributed by atoms with Gasteiger partial charge in [-0.15, -0.1) is 0 Å². The number of methoxy groups -OCH3 is 1. The molecule has 5 N–H and O–H groups in total. The number of rotatable bonds is 9. The number of hydrogen-bond acceptors (Lipinski definition) is 6. The fraction of sp³-hybridized carbons (Fsp3) is 0.318. The predicted octanol–water partition coefficient (Wildman–Crippen LogP) is 2.42. The van der Waals surface area contributed by atoms with Gasteiger partial charge in [0.25, 0.3) is 0 Å². The molecule has 1 atom stereocenters. The molecule has 0 unspecified atom stereocenters. The van der Waals surface area contributed by atoms with Crippen LogP contribution in [0.2, 0.25) is 0 Å². The normalized spacial score (nSPS) is 11.4. The van der Waals surface area contributed by atoms with Crippen LogP contribution in [0.5, 0.6) is 5.75 Å². The Labute approximate surface area is 175 Å². The molecule has 2 rings (SSSR count). The van der Waals surface area contributed by atoms with Gasteiger partial charge in [0.15, 0.2) is 0 Å². The standard InChI is InChI=1S/C22H27N3O5/c1-14(26)24-20(8-3-4-11-23)21(28)25-16-9-10-18(22(29)30-2)19(13-16)15-6-5-7-17(27)12-15/h5-7,9-10,12-13,20,27H,3-4,8,11,23H2,1-2H3,(H,24,26)(H,25,28)/t20-/m0/s1. The molecule has 2 aromatic rings. The van der Waals surface area contributed by atoms with Gasteiger partial charge in [-0.25, -0.2) is 4.79 Å². The van der Waals surface area contributed by atoms with Gasteiger partial charge in [0, 0.05) is 12.6 Å². The number of ether oxygens (including phenoxy) is 1. The van der Waals surface area contributed by atoms with Crippen molar-refractivity contribution in [3.63, 3.8) is 0 Å². The molecule has 0 aliphatic rings. The van der Waals surface area contributed by atoms with Crippen molar-refractivity contribution in [2.75, 3.05) is 19.0 Å². The lowest BCUT2D eigenvalue weighted by Gasteiger charge is -2.18. The van der Waals surface area contributed by atoms with E-state index in [-0.39, 0.29) is 17.6 Å². The second kappa shape index (κ2) is 11.0. The van der Waals surface area contributed by atoms with Gasteiger partial charge in [-0.05, 0) is 67.3 Å². The predicted molar refractivity (Wildman–Crippen MR) is 114 cm³/mol. The summed E-state index contributed by atoms with van der Waals surface area (Å²) < 4.78 is 4.84. The van der Waals surface area contributed by atoms with Crippen LogP contribution in [-0.4, -0.2) is 42.6 Å². The van der Waals surface area contributed by atoms with Crippen LogP contribution >= 0.6 is 0 Å². The quantitative estimate of drug-likeness (QED) is 0.369. The van der Waals surface area contributed by atoms with Crippen LogP contribution in [0.1, 0.15) is 36.5 Å². The molecule has 8 nitrogen and oxygen atoms in total. The number of carbonyl (C=O) groups is 3. The summed E-state index contributed by atoms with van der Waals surface area (Å²) in [5.41, 5.74) is 7.33. The maximum absolute atomic E-state index is 12.7. The van der Waals surface area contributed by atoms with E-state index in [1.165, 1.54) is 26.2 Å². The van der Waals surface area contributed by atoms with Gasteiger partial charge < -0.3 is 26.2 Å². The molecule has 160 valence electrons. The van der Waals surface area contributed by atoms with Crippen LogP contribution in [0.25, 0.3) is 11.1 Å². The van der Waals surface area contributed by atoms with E-state index in [0.717, 1.165) is 6.42 Å². The molecule has 0 radical (unpaired) electrons. The number of nitrogens with one attached hydrogen (secondary N) is 2. The number of aromatic hydroxyl groups is 1. The number of esters is 1. The Balaban J connectivity index is 2.32. The summed E-state index contributed by atoms with van der Waals surface area (Å²) in [6.45, 7) is 1.87. The molecule has 30 heavy (non-hydrogen) atoms. The molecule has 2 amide bonds. The molecule has 0 fully saturated rings. The summed E-state index contributed by atoms with van der Waals surface area (Å²) >= 11 is 0. The van der Waals surface area contributed by atoms with Crippen molar-refractivity contribution in [1.29, 1.82) is 0 Å². The number of unbranched alkanes of at least 4 members (excludes halogenated alkanes) is 1. The third-order valence-electron chi connectivity index (χ3n) is 4.49. The Kier molecular flexibility index (Phi) is 8.37. The highest BCUT2D eigenvalue weighted by atomic mass is 16.5. The van der Waals surface area contributed by atoms with E-state index in [1.54, 1.807) is 30.3 Å². The summed E-state index contributed by atoms with van der Waals surface area (Å²) in [7, 11) is 1.28. The van der Waals surface area contributed by atoms with E-state index in [4.69, 9.17) is 10.5 Å². The highest BCUT2D eigenvalue weighted by Crippen LogP contribution is 2.30. The Morgan fingerprint density at radius 2 is 1.90 bits per heavy atom. The van der Waals surface area contributed by atoms with Gasteiger partial charge in [-0.3, -0.25) is 9.59 Å². The first-order chi connectivity index (χ1) is 14.3. The van der Waals surface area contributed by atoms with Gasteiger partial charge in [-0.1, -0.05) is 12.1 Å². The van der Waals surface area contributed by atoms with Crippen LogP contribution in [0.4, 0.5) is 5.69 Å². The molecule has 0 heterocycles. The Morgan fingerprint density at radius 3 is 2.53 bits per heavy atom. The average molecular weight is 413 g/mol. The number of nitrogens with two attached hydrogens (primary N) is 1. The van der Waals surface area contributed by atoms with Gasteiger partial charge in [0.2, 0.25) is 11.8 Å². The Hall–Kier alpha value is -3.39. The minimum absolute atomic E-state index is 0.0448. The Morgan fingerprint density at radius 1 is 1.13 bits per heavy atom. The van der Waals surface area contributed by atoms with Gasteiger partial charge in [-0.2, -0.15) is 0 Å². The van der Waals surface area contributed by atoms with Crippen molar-refractivity contribution >= 4 is 23.5 Å². The van der Waals surface area contributed by atoms with E-state index in [1.807, 2.05) is 0 Å². The van der Waals surface area contributed by atoms with Crippen LogP contribution in [0.15, 0.2) is 42.5 Å². The molecule has 0 spiro atoms. The molecule has 0 aromatic heterocycles. The summed E-state index contributed by atoms with van der Waals surface area (Å²) in [4.78, 5) is 36.4. The number of benzene rings is 2. The minimum atomic E-state index is -0.696. The van der Waals surface area contributed by atoms with E-state index in [0.29, 0.717) is 41.8 Å². The molecule has 0 saturated heterocycles. The minimum Gasteiger partial charge on any atom is -0.508 e. The first-order valence-electron chi connectivity index (χ1n) is 9.65. The zero-order valence-corrected chi connectivity index (χ0v) is 17.1. The number of phenols is 1. The summed E-state index contributed by atoms with van der Waals surface area (Å²) in [5, 5.41) is 15.2. The smallest absolute Gasteiger partial charge is 0.338 e. The highest BCUT2D eigenvalue weighted by Gasteiger charge is 2.20. The lowest BCUT2D eigenvalue weighted by Crippen LogP contribution is -2.42. The SMILES string of the molecule is COC(=O)c1ccc(NC(=O)[C@H](CCCCN)NC(C)=O)cc1-c1cccc(O)c1. The monoisotopic (exact) mass is 413 g/mol. The number of anilines is 1. The fourth-order valence-electron chi connectivity index (χ4n) is 3.06. The first-order valence-corrected chi connectivity index (χ1v) is 9.65. The second-order valence-corrected chi connectivity index (χ2v) is 6.83. The summed E-state index contributed by atoms with van der Waals surface area (Å²) in [6, 6.07) is 10.5. The highest BCUT2D eigenvalue weighted by molar-refractivity contribution is 6.01. The number of carbonyl (C=O) groups excluding carboxylic acids is 3. The van der Waals surface area contributed by atoms with Crippen molar-refractivity contribution in [2.24, 2.45) is 5.73 Å². The fourth-order valence-corrected chi connectivity index (χ4v) is 3.06. The number of hydrogen-bond donors (Lipinski definition) is 4. The molecular formula is C22H27N3O5. The van der Waals surface area contributed by atoms with Crippen LogP contribution in [-0.2, 0) is 14.3 Å². The van der Waals surface area contributed by atoms with Crippen molar-refractivity contribution in [3.05, 3.63) is 48.0 Å². The van der Waals surface area contributed by atoms with Gasteiger partial charge in [0.05, 0.1) is 12.7 Å². The third-order valence-corrected chi connectivity index (χ3v) is 4.49. The first kappa shape index (κ1) is 22.9. The average Bonchev–Trinajstić information content (AvgIpc) is 2.72. The van der Waals surface area contributed by atoms with Crippen molar-refractivity contribution in [2.45, 2.75) is 32.2 Å². The van der Waals surface area contributed by atoms with Crippen molar-refractivity contribution in [1.82, 2.24) is 5.32 Å². The molecule has 2 aromatic carbocycles. The van der Waals surface area contributed by atoms with E-state index in [2.05, 4.69) is 10.6 Å². The summed E-state index contributed by atoms with van der Waals surface area (Å²) in [5.74, 6) is -1.16. The molecule has 8 heteroatoms. The van der Waals surface area contributed by atoms with Crippen LogP contribution < -0.4 is 16.4 Å².